The van der Waals surface area contributed by atoms with Crippen LogP contribution in [0.4, 0.5) is 0 Å². The highest BCUT2D eigenvalue weighted by atomic mass is 32.2. The highest BCUT2D eigenvalue weighted by molar-refractivity contribution is 7.92. The minimum Gasteiger partial charge on any atom is -0.481 e. The number of carbonyl (C=O) groups is 1. The van der Waals surface area contributed by atoms with Gasteiger partial charge < -0.3 is 9.47 Å². The van der Waals surface area contributed by atoms with Gasteiger partial charge in [-0.25, -0.2) is 8.42 Å². The van der Waals surface area contributed by atoms with Crippen LogP contribution in [0.15, 0.2) is 29.2 Å². The molecule has 5 nitrogen and oxygen atoms in total. The summed E-state index contributed by atoms with van der Waals surface area (Å²) in [7, 11) is -3.76. The van der Waals surface area contributed by atoms with Crippen LogP contribution in [-0.2, 0) is 19.4 Å². The molecule has 21 heavy (non-hydrogen) atoms. The second kappa shape index (κ2) is 7.70. The Morgan fingerprint density at radius 2 is 1.90 bits per heavy atom. The first-order chi connectivity index (χ1) is 9.93. The zero-order valence-electron chi connectivity index (χ0n) is 12.3. The third-order valence-corrected chi connectivity index (χ3v) is 4.78. The molecule has 0 spiro atoms. The summed E-state index contributed by atoms with van der Waals surface area (Å²) >= 11 is 0. The Hall–Kier alpha value is -2.00. The molecule has 0 saturated heterocycles. The highest BCUT2D eigenvalue weighted by Crippen LogP contribution is 2.20. The number of hydrogen-bond acceptors (Lipinski definition) is 5. The molecule has 0 fully saturated rings. The minimum absolute atomic E-state index is 0.0528. The summed E-state index contributed by atoms with van der Waals surface area (Å²) in [6.07, 6.45) is 0. The summed E-state index contributed by atoms with van der Waals surface area (Å²) in [5, 5.41) is -1.24. The molecule has 1 atom stereocenters. The van der Waals surface area contributed by atoms with Crippen LogP contribution >= 0.6 is 0 Å². The van der Waals surface area contributed by atoms with Crippen molar-refractivity contribution in [3.63, 3.8) is 0 Å². The molecular formula is C15H18O5S. The molecule has 1 aromatic carbocycles. The van der Waals surface area contributed by atoms with Crippen LogP contribution in [0, 0.1) is 11.8 Å². The van der Waals surface area contributed by atoms with Gasteiger partial charge in [0, 0.05) is 0 Å². The Morgan fingerprint density at radius 1 is 1.29 bits per heavy atom. The second-order valence-corrected chi connectivity index (χ2v) is 6.39. The lowest BCUT2D eigenvalue weighted by Crippen LogP contribution is -2.29. The molecule has 0 aliphatic heterocycles. The van der Waals surface area contributed by atoms with E-state index >= 15 is 0 Å². The van der Waals surface area contributed by atoms with Gasteiger partial charge >= 0.3 is 5.97 Å². The van der Waals surface area contributed by atoms with Crippen LogP contribution in [0.5, 0.6) is 5.75 Å². The molecule has 0 N–H and O–H groups in total. The quantitative estimate of drug-likeness (QED) is 0.592. The zero-order chi connectivity index (χ0) is 15.9. The van der Waals surface area contributed by atoms with E-state index in [-0.39, 0.29) is 18.1 Å². The number of benzene rings is 1. The lowest BCUT2D eigenvalue weighted by molar-refractivity contribution is -0.142. The van der Waals surface area contributed by atoms with E-state index in [4.69, 9.17) is 9.47 Å². The Kier molecular flexibility index (Phi) is 6.25. The van der Waals surface area contributed by atoms with Crippen molar-refractivity contribution in [2.24, 2.45) is 0 Å². The van der Waals surface area contributed by atoms with Crippen molar-refractivity contribution in [1.29, 1.82) is 0 Å². The van der Waals surface area contributed by atoms with E-state index in [9.17, 15) is 13.2 Å². The number of hydrogen-bond donors (Lipinski definition) is 0. The van der Waals surface area contributed by atoms with Gasteiger partial charge in [-0.15, -0.1) is 5.92 Å². The van der Waals surface area contributed by atoms with E-state index in [0.29, 0.717) is 5.75 Å². The maximum absolute atomic E-state index is 12.3. The topological polar surface area (TPSA) is 69.7 Å². The van der Waals surface area contributed by atoms with Gasteiger partial charge in [0.2, 0.25) is 0 Å². The molecule has 0 radical (unpaired) electrons. The summed E-state index contributed by atoms with van der Waals surface area (Å²) in [5.74, 6) is 5.19. The molecule has 0 aromatic heterocycles. The summed E-state index contributed by atoms with van der Waals surface area (Å²) < 4.78 is 34.6. The average molecular weight is 310 g/mol. The summed E-state index contributed by atoms with van der Waals surface area (Å²) in [6.45, 7) is 5.03. The van der Waals surface area contributed by atoms with Crippen molar-refractivity contribution < 1.29 is 22.7 Å². The lowest BCUT2D eigenvalue weighted by atomic mass is 10.3. The smallest absolute Gasteiger partial charge is 0.324 e. The number of esters is 1. The van der Waals surface area contributed by atoms with Crippen molar-refractivity contribution in [2.45, 2.75) is 30.9 Å². The molecule has 0 bridgehead atoms. The van der Waals surface area contributed by atoms with Gasteiger partial charge in [-0.1, -0.05) is 5.92 Å². The molecule has 1 unspecified atom stereocenters. The van der Waals surface area contributed by atoms with Crippen LogP contribution in [0.3, 0.4) is 0 Å². The molecule has 0 heterocycles. The minimum atomic E-state index is -3.76. The molecule has 0 aliphatic rings. The SMILES string of the molecule is CC#CCOc1ccc(S(=O)(=O)C(C)C(=O)OCC)cc1. The van der Waals surface area contributed by atoms with Crippen molar-refractivity contribution >= 4 is 15.8 Å². The molecular weight excluding hydrogens is 292 g/mol. The van der Waals surface area contributed by atoms with Gasteiger partial charge in [0.1, 0.15) is 12.4 Å². The fraction of sp³-hybridized carbons (Fsp3) is 0.400. The first-order valence-electron chi connectivity index (χ1n) is 6.46. The fourth-order valence-corrected chi connectivity index (χ4v) is 2.75. The maximum Gasteiger partial charge on any atom is 0.324 e. The number of ether oxygens (including phenoxy) is 2. The van der Waals surface area contributed by atoms with Gasteiger partial charge in [-0.3, -0.25) is 4.79 Å². The maximum atomic E-state index is 12.3. The van der Waals surface area contributed by atoms with Crippen LogP contribution in [0.2, 0.25) is 0 Å². The van der Waals surface area contributed by atoms with Crippen molar-refractivity contribution in [1.82, 2.24) is 0 Å². The number of sulfone groups is 1. The number of rotatable bonds is 6. The van der Waals surface area contributed by atoms with E-state index in [2.05, 4.69) is 11.8 Å². The van der Waals surface area contributed by atoms with Crippen LogP contribution in [0.25, 0.3) is 0 Å². The summed E-state index contributed by atoms with van der Waals surface area (Å²) in [5.41, 5.74) is 0. The zero-order valence-corrected chi connectivity index (χ0v) is 13.1. The predicted octanol–water partition coefficient (Wildman–Crippen LogP) is 1.81. The lowest BCUT2D eigenvalue weighted by Gasteiger charge is -2.12. The van der Waals surface area contributed by atoms with Crippen molar-refractivity contribution in [3.8, 4) is 17.6 Å². The van der Waals surface area contributed by atoms with Crippen LogP contribution in [0.1, 0.15) is 20.8 Å². The normalized spacial score (nSPS) is 12.0. The van der Waals surface area contributed by atoms with Gasteiger partial charge in [0.15, 0.2) is 15.1 Å². The monoisotopic (exact) mass is 310 g/mol. The molecule has 1 rings (SSSR count). The molecule has 114 valence electrons. The first kappa shape index (κ1) is 17.1. The summed E-state index contributed by atoms with van der Waals surface area (Å²) in [4.78, 5) is 11.6. The molecule has 0 saturated carbocycles. The Morgan fingerprint density at radius 3 is 2.43 bits per heavy atom. The van der Waals surface area contributed by atoms with E-state index in [1.807, 2.05) is 0 Å². The van der Waals surface area contributed by atoms with E-state index in [1.54, 1.807) is 13.8 Å². The second-order valence-electron chi connectivity index (χ2n) is 4.13. The first-order valence-corrected chi connectivity index (χ1v) is 8.01. The Bertz CT molecular complexity index is 635. The van der Waals surface area contributed by atoms with Gasteiger partial charge in [-0.2, -0.15) is 0 Å². The molecule has 6 heteroatoms. The standard InChI is InChI=1S/C15H18O5S/c1-4-6-11-20-13-7-9-14(10-8-13)21(17,18)12(3)15(16)19-5-2/h7-10,12H,5,11H2,1-3H3. The fourth-order valence-electron chi connectivity index (χ4n) is 1.51. The van der Waals surface area contributed by atoms with Crippen LogP contribution in [-0.4, -0.2) is 32.9 Å². The molecule has 1 aromatic rings. The van der Waals surface area contributed by atoms with E-state index < -0.39 is 21.1 Å². The molecule has 0 aliphatic carbocycles. The van der Waals surface area contributed by atoms with Crippen molar-refractivity contribution in [3.05, 3.63) is 24.3 Å². The number of carbonyl (C=O) groups excluding carboxylic acids is 1. The van der Waals surface area contributed by atoms with E-state index in [0.717, 1.165) is 0 Å². The van der Waals surface area contributed by atoms with Gasteiger partial charge in [0.05, 0.1) is 11.5 Å². The third-order valence-electron chi connectivity index (χ3n) is 2.72. The predicted molar refractivity (Wildman–Crippen MR) is 78.7 cm³/mol. The van der Waals surface area contributed by atoms with Crippen molar-refractivity contribution in [2.75, 3.05) is 13.2 Å². The summed E-state index contributed by atoms with van der Waals surface area (Å²) in [6, 6.07) is 5.86. The third kappa shape index (κ3) is 4.50. The van der Waals surface area contributed by atoms with Crippen LogP contribution < -0.4 is 4.74 Å². The van der Waals surface area contributed by atoms with Gasteiger partial charge in [0.25, 0.3) is 0 Å². The Balaban J connectivity index is 2.88. The Labute approximate surface area is 125 Å². The highest BCUT2D eigenvalue weighted by Gasteiger charge is 2.30. The van der Waals surface area contributed by atoms with Gasteiger partial charge in [-0.05, 0) is 45.0 Å². The average Bonchev–Trinajstić information content (AvgIpc) is 2.47. The largest absolute Gasteiger partial charge is 0.481 e. The van der Waals surface area contributed by atoms with E-state index in [1.165, 1.54) is 31.2 Å². The molecule has 0 amide bonds.